The molecule has 1 rings (SSSR count). The van der Waals surface area contributed by atoms with Crippen LogP contribution in [0.15, 0.2) is 24.3 Å². The lowest BCUT2D eigenvalue weighted by molar-refractivity contribution is 0.0604. The lowest BCUT2D eigenvalue weighted by Gasteiger charge is -2.23. The number of anilines is 1. The van der Waals surface area contributed by atoms with Gasteiger partial charge in [0, 0.05) is 14.1 Å². The fourth-order valence-electron chi connectivity index (χ4n) is 1.25. The van der Waals surface area contributed by atoms with Crippen molar-refractivity contribution < 1.29 is 23.9 Å². The van der Waals surface area contributed by atoms with Crippen LogP contribution in [0.1, 0.15) is 0 Å². The third-order valence-corrected chi connectivity index (χ3v) is 2.31. The van der Waals surface area contributed by atoms with Gasteiger partial charge < -0.3 is 14.4 Å². The van der Waals surface area contributed by atoms with E-state index in [0.29, 0.717) is 11.4 Å². The molecule has 0 saturated heterocycles. The Bertz CT molecular complexity index is 463. The van der Waals surface area contributed by atoms with Crippen LogP contribution in [0.3, 0.4) is 0 Å². The molecule has 20 heavy (non-hydrogen) atoms. The summed E-state index contributed by atoms with van der Waals surface area (Å²) >= 11 is 5.25. The molecule has 0 bridgehead atoms. The van der Waals surface area contributed by atoms with Crippen molar-refractivity contribution in [3.05, 3.63) is 24.3 Å². The molecule has 7 nitrogen and oxygen atoms in total. The van der Waals surface area contributed by atoms with Crippen LogP contribution < -0.4 is 9.80 Å². The minimum atomic E-state index is -1.08. The van der Waals surface area contributed by atoms with Crippen LogP contribution >= 0.6 is 11.6 Å². The Balaban J connectivity index is 2.96. The Morgan fingerprint density at radius 3 is 2.25 bits per heavy atom. The first-order valence-electron chi connectivity index (χ1n) is 5.55. The molecule has 2 amide bonds. The summed E-state index contributed by atoms with van der Waals surface area (Å²) in [5, 5.41) is 0.800. The second-order valence-electron chi connectivity index (χ2n) is 3.76. The number of nitrogens with zero attached hydrogens (tertiary/aromatic N) is 2. The average Bonchev–Trinajstić information content (AvgIpc) is 2.44. The Morgan fingerprint density at radius 1 is 1.20 bits per heavy atom. The van der Waals surface area contributed by atoms with Gasteiger partial charge >= 0.3 is 12.2 Å². The van der Waals surface area contributed by atoms with Crippen molar-refractivity contribution in [2.75, 3.05) is 32.3 Å². The van der Waals surface area contributed by atoms with Crippen LogP contribution in [0.2, 0.25) is 0 Å². The van der Waals surface area contributed by atoms with Crippen molar-refractivity contribution >= 4 is 29.5 Å². The maximum Gasteiger partial charge on any atom is 0.535 e. The third kappa shape index (κ3) is 4.20. The van der Waals surface area contributed by atoms with E-state index in [1.54, 1.807) is 24.3 Å². The number of hydrogen-bond acceptors (Lipinski definition) is 5. The highest BCUT2D eigenvalue weighted by Gasteiger charge is 2.23. The SMILES string of the molecule is COc1ccc(N(OC(=O)OCCl)C(=O)N(C)C)cc1. The zero-order valence-electron chi connectivity index (χ0n) is 11.3. The Labute approximate surface area is 121 Å². The monoisotopic (exact) mass is 302 g/mol. The predicted octanol–water partition coefficient (Wildman–Crippen LogP) is 2.45. The molecule has 0 saturated carbocycles. The molecule has 0 aliphatic rings. The molecule has 110 valence electrons. The van der Waals surface area contributed by atoms with Gasteiger partial charge in [-0.25, -0.2) is 9.59 Å². The second kappa shape index (κ2) is 7.44. The standard InChI is InChI=1S/C12H15ClN2O5/c1-14(2)11(16)15(20-12(17)19-8-13)9-4-6-10(18-3)7-5-9/h4-7H,8H2,1-3H3. The molecule has 0 fully saturated rings. The second-order valence-corrected chi connectivity index (χ2v) is 3.98. The Hall–Kier alpha value is -2.15. The van der Waals surface area contributed by atoms with E-state index in [1.807, 2.05) is 0 Å². The molecule has 8 heteroatoms. The number of hydroxylamine groups is 1. The highest BCUT2D eigenvalue weighted by Crippen LogP contribution is 2.20. The van der Waals surface area contributed by atoms with E-state index in [2.05, 4.69) is 4.74 Å². The fourth-order valence-corrected chi connectivity index (χ4v) is 1.34. The number of rotatable bonds is 3. The van der Waals surface area contributed by atoms with Gasteiger partial charge in [-0.3, -0.25) is 4.84 Å². The lowest BCUT2D eigenvalue weighted by atomic mass is 10.3. The summed E-state index contributed by atoms with van der Waals surface area (Å²) in [6.45, 7) is 0. The molecule has 1 aromatic rings. The number of hydrogen-bond donors (Lipinski definition) is 0. The van der Waals surface area contributed by atoms with Crippen molar-refractivity contribution in [2.24, 2.45) is 0 Å². The van der Waals surface area contributed by atoms with Crippen LogP contribution in [0.25, 0.3) is 0 Å². The van der Waals surface area contributed by atoms with E-state index >= 15 is 0 Å². The number of urea groups is 1. The Kier molecular flexibility index (Phi) is 5.92. The van der Waals surface area contributed by atoms with E-state index in [0.717, 1.165) is 5.06 Å². The summed E-state index contributed by atoms with van der Waals surface area (Å²) in [5.74, 6) is 0.606. The molecule has 0 aliphatic heterocycles. The first-order valence-corrected chi connectivity index (χ1v) is 6.09. The molecule has 0 atom stereocenters. The van der Waals surface area contributed by atoms with E-state index in [-0.39, 0.29) is 6.07 Å². The fraction of sp³-hybridized carbons (Fsp3) is 0.333. The van der Waals surface area contributed by atoms with Gasteiger partial charge in [0.25, 0.3) is 0 Å². The van der Waals surface area contributed by atoms with Gasteiger partial charge in [0.1, 0.15) is 5.75 Å². The van der Waals surface area contributed by atoms with Gasteiger partial charge in [-0.15, -0.1) is 5.06 Å². The number of methoxy groups -OCH3 is 1. The maximum absolute atomic E-state index is 12.0. The van der Waals surface area contributed by atoms with Crippen molar-refractivity contribution in [3.8, 4) is 5.75 Å². The van der Waals surface area contributed by atoms with E-state index in [9.17, 15) is 9.59 Å². The molecule has 1 aromatic carbocycles. The van der Waals surface area contributed by atoms with E-state index in [1.165, 1.54) is 26.1 Å². The van der Waals surface area contributed by atoms with Crippen molar-refractivity contribution in [2.45, 2.75) is 0 Å². The number of alkyl halides is 1. The molecule has 0 aromatic heterocycles. The molecule has 0 radical (unpaired) electrons. The first-order chi connectivity index (χ1) is 9.49. The molecule has 0 spiro atoms. The number of benzene rings is 1. The molecule has 0 aliphatic carbocycles. The zero-order valence-corrected chi connectivity index (χ0v) is 12.1. The van der Waals surface area contributed by atoms with Crippen molar-refractivity contribution in [3.63, 3.8) is 0 Å². The summed E-state index contributed by atoms with van der Waals surface area (Å²) < 4.78 is 9.45. The number of halogens is 1. The van der Waals surface area contributed by atoms with Crippen LogP contribution in [-0.4, -0.2) is 44.4 Å². The van der Waals surface area contributed by atoms with Gasteiger partial charge in [-0.05, 0) is 24.3 Å². The van der Waals surface area contributed by atoms with E-state index in [4.69, 9.17) is 21.2 Å². The first kappa shape index (κ1) is 15.9. The highest BCUT2D eigenvalue weighted by atomic mass is 35.5. The average molecular weight is 303 g/mol. The third-order valence-electron chi connectivity index (χ3n) is 2.20. The summed E-state index contributed by atoms with van der Waals surface area (Å²) in [4.78, 5) is 29.4. The number of ether oxygens (including phenoxy) is 2. The smallest absolute Gasteiger partial charge is 0.497 e. The molecule has 0 unspecified atom stereocenters. The van der Waals surface area contributed by atoms with Gasteiger partial charge in [0.15, 0.2) is 6.07 Å². The predicted molar refractivity (Wildman–Crippen MR) is 72.8 cm³/mol. The normalized spacial score (nSPS) is 9.60. The van der Waals surface area contributed by atoms with Crippen LogP contribution in [-0.2, 0) is 9.57 Å². The van der Waals surface area contributed by atoms with Gasteiger partial charge in [-0.1, -0.05) is 11.6 Å². The van der Waals surface area contributed by atoms with Crippen LogP contribution in [0, 0.1) is 0 Å². The largest absolute Gasteiger partial charge is 0.535 e. The number of amides is 2. The minimum Gasteiger partial charge on any atom is -0.497 e. The summed E-state index contributed by atoms with van der Waals surface area (Å²) in [7, 11) is 4.57. The summed E-state index contributed by atoms with van der Waals surface area (Å²) in [6.07, 6.45) is -1.08. The minimum absolute atomic E-state index is 0.344. The summed E-state index contributed by atoms with van der Waals surface area (Å²) in [5.41, 5.74) is 0.344. The molecule has 0 heterocycles. The number of carbonyl (C=O) groups is 2. The zero-order chi connectivity index (χ0) is 15.1. The quantitative estimate of drug-likeness (QED) is 0.487. The molecular weight excluding hydrogens is 288 g/mol. The highest BCUT2D eigenvalue weighted by molar-refractivity contribution is 6.17. The van der Waals surface area contributed by atoms with Crippen LogP contribution in [0.5, 0.6) is 5.75 Å². The van der Waals surface area contributed by atoms with Gasteiger partial charge in [0.05, 0.1) is 12.8 Å². The Morgan fingerprint density at radius 2 is 1.80 bits per heavy atom. The topological polar surface area (TPSA) is 68.3 Å². The van der Waals surface area contributed by atoms with Crippen LogP contribution in [0.4, 0.5) is 15.3 Å². The molecular formula is C12H15ClN2O5. The summed E-state index contributed by atoms with van der Waals surface area (Å²) in [6, 6.07) is 5.46. The van der Waals surface area contributed by atoms with E-state index < -0.39 is 12.2 Å². The van der Waals surface area contributed by atoms with Gasteiger partial charge in [0.2, 0.25) is 0 Å². The van der Waals surface area contributed by atoms with Crippen molar-refractivity contribution in [1.82, 2.24) is 4.90 Å². The molecule has 0 N–H and O–H groups in total. The maximum atomic E-state index is 12.0. The number of carbonyl (C=O) groups excluding carboxylic acids is 2. The lowest BCUT2D eigenvalue weighted by Crippen LogP contribution is -2.40. The van der Waals surface area contributed by atoms with Gasteiger partial charge in [-0.2, -0.15) is 0 Å². The van der Waals surface area contributed by atoms with Crippen molar-refractivity contribution in [1.29, 1.82) is 0 Å².